The van der Waals surface area contributed by atoms with Gasteiger partial charge < -0.3 is 21.1 Å². The van der Waals surface area contributed by atoms with E-state index in [2.05, 4.69) is 25.4 Å². The van der Waals surface area contributed by atoms with E-state index in [4.69, 9.17) is 5.73 Å². The van der Waals surface area contributed by atoms with Crippen LogP contribution in [0.15, 0.2) is 30.6 Å². The van der Waals surface area contributed by atoms with E-state index in [1.54, 1.807) is 30.9 Å². The monoisotopic (exact) mass is 379 g/mol. The number of aliphatic hydroxyl groups is 1. The number of hydrogen-bond acceptors (Lipinski definition) is 6. The third-order valence-corrected chi connectivity index (χ3v) is 4.59. The number of amides is 1. The van der Waals surface area contributed by atoms with Crippen LogP contribution in [0.3, 0.4) is 0 Å². The Morgan fingerprint density at radius 1 is 1.39 bits per heavy atom. The van der Waals surface area contributed by atoms with E-state index < -0.39 is 5.54 Å². The summed E-state index contributed by atoms with van der Waals surface area (Å²) in [4.78, 5) is 24.6. The maximum absolute atomic E-state index is 12.7. The Morgan fingerprint density at radius 2 is 2.18 bits per heavy atom. The molecule has 0 aliphatic carbocycles. The lowest BCUT2D eigenvalue weighted by Crippen LogP contribution is -2.46. The number of nitrogens with two attached hydrogens (primary N) is 1. The first-order valence-corrected chi connectivity index (χ1v) is 8.79. The largest absolute Gasteiger partial charge is 0.399 e. The van der Waals surface area contributed by atoms with Gasteiger partial charge >= 0.3 is 0 Å². The number of fused-ring (bicyclic) bond motifs is 2. The maximum atomic E-state index is 12.7. The van der Waals surface area contributed by atoms with Crippen LogP contribution in [0.2, 0.25) is 0 Å². The molecule has 0 bridgehead atoms. The molecule has 4 rings (SSSR count). The number of carbonyl (C=O) groups excluding carboxylic acids is 1. The first kappa shape index (κ1) is 17.9. The van der Waals surface area contributed by atoms with Crippen molar-refractivity contribution in [1.82, 2.24) is 30.0 Å². The summed E-state index contributed by atoms with van der Waals surface area (Å²) < 4.78 is 1.74. The highest BCUT2D eigenvalue weighted by Gasteiger charge is 2.23. The van der Waals surface area contributed by atoms with Gasteiger partial charge in [0.2, 0.25) is 0 Å². The molecule has 0 atom stereocenters. The van der Waals surface area contributed by atoms with Crippen LogP contribution in [-0.2, 0) is 7.05 Å². The average molecular weight is 379 g/mol. The van der Waals surface area contributed by atoms with Crippen molar-refractivity contribution in [3.63, 3.8) is 0 Å². The molecule has 1 amide bonds. The second kappa shape index (κ2) is 6.31. The van der Waals surface area contributed by atoms with E-state index in [9.17, 15) is 9.90 Å². The number of benzene rings is 1. The van der Waals surface area contributed by atoms with Gasteiger partial charge in [-0.15, -0.1) is 0 Å². The zero-order chi connectivity index (χ0) is 20.1. The summed E-state index contributed by atoms with van der Waals surface area (Å²) in [6.07, 6.45) is 3.19. The summed E-state index contributed by atoms with van der Waals surface area (Å²) in [6, 6.07) is 5.56. The molecule has 5 N–H and O–H groups in total. The number of nitrogens with zero attached hydrogens (tertiary/aromatic N) is 4. The summed E-state index contributed by atoms with van der Waals surface area (Å²) in [5, 5.41) is 17.6. The number of aromatic amines is 1. The first-order chi connectivity index (χ1) is 13.3. The van der Waals surface area contributed by atoms with E-state index in [-0.39, 0.29) is 12.5 Å². The number of aromatic nitrogens is 5. The van der Waals surface area contributed by atoms with E-state index in [1.165, 1.54) is 0 Å². The van der Waals surface area contributed by atoms with Crippen molar-refractivity contribution in [2.75, 3.05) is 12.3 Å². The normalized spacial score (nSPS) is 12.0. The number of H-pyrrole nitrogens is 1. The highest BCUT2D eigenvalue weighted by molar-refractivity contribution is 6.05. The smallest absolute Gasteiger partial charge is 0.255 e. The lowest BCUT2D eigenvalue weighted by atomic mass is 10.1. The van der Waals surface area contributed by atoms with Gasteiger partial charge in [0.05, 0.1) is 29.4 Å². The Morgan fingerprint density at radius 3 is 2.93 bits per heavy atom. The number of aliphatic hydroxyl groups excluding tert-OH is 1. The van der Waals surface area contributed by atoms with E-state index in [0.717, 1.165) is 10.9 Å². The summed E-state index contributed by atoms with van der Waals surface area (Å²) in [5.41, 5.74) is 9.18. The number of nitrogen functional groups attached to an aromatic ring is 1. The van der Waals surface area contributed by atoms with Crippen LogP contribution in [0.1, 0.15) is 24.2 Å². The molecule has 3 heterocycles. The summed E-state index contributed by atoms with van der Waals surface area (Å²) in [5.74, 6) is -0.338. The van der Waals surface area contributed by atoms with Crippen molar-refractivity contribution in [3.8, 4) is 11.4 Å². The summed E-state index contributed by atoms with van der Waals surface area (Å²) in [7, 11) is 1.84. The van der Waals surface area contributed by atoms with E-state index >= 15 is 0 Å². The molecular weight excluding hydrogens is 358 g/mol. The Balaban J connectivity index is 1.82. The predicted molar refractivity (Wildman–Crippen MR) is 107 cm³/mol. The molecular formula is C19H21N7O2. The van der Waals surface area contributed by atoms with Crippen LogP contribution in [0.4, 0.5) is 5.69 Å². The molecule has 3 aromatic heterocycles. The van der Waals surface area contributed by atoms with E-state index in [0.29, 0.717) is 33.8 Å². The first-order valence-electron chi connectivity index (χ1n) is 8.79. The predicted octanol–water partition coefficient (Wildman–Crippen LogP) is 1.59. The molecule has 9 nitrogen and oxygen atoms in total. The minimum atomic E-state index is -0.747. The summed E-state index contributed by atoms with van der Waals surface area (Å²) >= 11 is 0. The molecule has 28 heavy (non-hydrogen) atoms. The molecule has 0 aliphatic rings. The molecule has 1 aromatic carbocycles. The van der Waals surface area contributed by atoms with E-state index in [1.807, 2.05) is 25.2 Å². The van der Waals surface area contributed by atoms with Crippen molar-refractivity contribution < 1.29 is 9.90 Å². The fraction of sp³-hybridized carbons (Fsp3) is 0.263. The Labute approximate surface area is 160 Å². The van der Waals surface area contributed by atoms with Crippen LogP contribution in [0, 0.1) is 0 Å². The van der Waals surface area contributed by atoms with Crippen molar-refractivity contribution in [3.05, 3.63) is 36.2 Å². The molecule has 9 heteroatoms. The van der Waals surface area contributed by atoms with Crippen molar-refractivity contribution >= 4 is 33.7 Å². The zero-order valence-electron chi connectivity index (χ0n) is 15.8. The van der Waals surface area contributed by atoms with Gasteiger partial charge in [-0.3, -0.25) is 9.48 Å². The minimum Gasteiger partial charge on any atom is -0.399 e. The third kappa shape index (κ3) is 2.95. The van der Waals surface area contributed by atoms with Gasteiger partial charge in [0.25, 0.3) is 5.91 Å². The van der Waals surface area contributed by atoms with Crippen molar-refractivity contribution in [2.24, 2.45) is 7.05 Å². The average Bonchev–Trinajstić information content (AvgIpc) is 3.22. The van der Waals surface area contributed by atoms with Gasteiger partial charge in [0, 0.05) is 24.3 Å². The van der Waals surface area contributed by atoms with Gasteiger partial charge in [0.15, 0.2) is 5.65 Å². The fourth-order valence-corrected chi connectivity index (χ4v) is 3.06. The highest BCUT2D eigenvalue weighted by Crippen LogP contribution is 2.28. The van der Waals surface area contributed by atoms with Crippen LogP contribution in [0.25, 0.3) is 33.5 Å². The van der Waals surface area contributed by atoms with Gasteiger partial charge in [0.1, 0.15) is 16.9 Å². The van der Waals surface area contributed by atoms with Crippen LogP contribution in [0.5, 0.6) is 0 Å². The number of hydrogen-bond donors (Lipinski definition) is 4. The quantitative estimate of drug-likeness (QED) is 0.398. The van der Waals surface area contributed by atoms with Crippen LogP contribution >= 0.6 is 0 Å². The Bertz CT molecular complexity index is 1210. The topological polar surface area (TPSA) is 135 Å². The third-order valence-electron chi connectivity index (χ3n) is 4.59. The molecule has 0 saturated carbocycles. The van der Waals surface area contributed by atoms with Gasteiger partial charge in [-0.25, -0.2) is 9.97 Å². The number of carbonyl (C=O) groups is 1. The number of aryl methyl sites for hydroxylation is 1. The summed E-state index contributed by atoms with van der Waals surface area (Å²) in [6.45, 7) is 3.30. The number of rotatable bonds is 4. The van der Waals surface area contributed by atoms with Gasteiger partial charge in [-0.05, 0) is 32.0 Å². The number of nitrogens with one attached hydrogen (secondary N) is 2. The molecule has 0 aliphatic heterocycles. The second-order valence-corrected chi connectivity index (χ2v) is 7.40. The minimum absolute atomic E-state index is 0.179. The van der Waals surface area contributed by atoms with Crippen molar-refractivity contribution in [2.45, 2.75) is 19.4 Å². The number of anilines is 1. The lowest BCUT2D eigenvalue weighted by Gasteiger charge is -2.23. The second-order valence-electron chi connectivity index (χ2n) is 7.40. The molecule has 0 radical (unpaired) electrons. The standard InChI is InChI=1S/C19H21N7O2/c1-19(2,9-27)24-18(28)12-7-21-17-16(12)23-13(8-22-17)15-11-5-4-10(20)6-14(11)26(3)25-15/h4-8,27H,9,20H2,1-3H3,(H,21,22)(H,24,28). The van der Waals surface area contributed by atoms with Crippen LogP contribution < -0.4 is 11.1 Å². The molecule has 0 spiro atoms. The Kier molecular flexibility index (Phi) is 4.04. The lowest BCUT2D eigenvalue weighted by molar-refractivity contribution is 0.0871. The molecule has 0 saturated heterocycles. The SMILES string of the molecule is Cn1nc(-c2cnc3[nH]cc(C(=O)NC(C)(C)CO)c3n2)c2ccc(N)cc21. The molecule has 0 unspecified atom stereocenters. The molecule has 0 fully saturated rings. The maximum Gasteiger partial charge on any atom is 0.255 e. The zero-order valence-corrected chi connectivity index (χ0v) is 15.8. The fourth-order valence-electron chi connectivity index (χ4n) is 3.06. The van der Waals surface area contributed by atoms with Gasteiger partial charge in [-0.2, -0.15) is 5.10 Å². The van der Waals surface area contributed by atoms with Gasteiger partial charge in [-0.1, -0.05) is 0 Å². The Hall–Kier alpha value is -3.46. The van der Waals surface area contributed by atoms with Crippen molar-refractivity contribution in [1.29, 1.82) is 0 Å². The molecule has 144 valence electrons. The molecule has 4 aromatic rings. The van der Waals surface area contributed by atoms with Crippen LogP contribution in [-0.4, -0.2) is 47.9 Å². The highest BCUT2D eigenvalue weighted by atomic mass is 16.3.